The number of hydrogen-bond donors (Lipinski definition) is 1. The molecule has 180 valence electrons. The van der Waals surface area contributed by atoms with E-state index in [1.807, 2.05) is 37.3 Å². The Morgan fingerprint density at radius 1 is 1.21 bits per heavy atom. The topological polar surface area (TPSA) is 94.6 Å². The normalized spacial score (nSPS) is 15.3. The second kappa shape index (κ2) is 12.1. The first-order valence-electron chi connectivity index (χ1n) is 10.7. The average molecular weight is 493 g/mol. The van der Waals surface area contributed by atoms with E-state index in [1.54, 1.807) is 32.2 Å². The zero-order valence-corrected chi connectivity index (χ0v) is 21.3. The lowest BCUT2D eigenvalue weighted by atomic mass is 10.0. The second-order valence-electron chi connectivity index (χ2n) is 7.95. The molecule has 3 unspecified atom stereocenters. The van der Waals surface area contributed by atoms with Crippen LogP contribution in [-0.2, 0) is 24.3 Å². The van der Waals surface area contributed by atoms with Crippen LogP contribution in [0.5, 0.6) is 0 Å². The highest BCUT2D eigenvalue weighted by Gasteiger charge is 2.33. The maximum Gasteiger partial charge on any atom is 0.313 e. The van der Waals surface area contributed by atoms with Gasteiger partial charge in [0.15, 0.2) is 5.13 Å². The molecule has 1 heterocycles. The van der Waals surface area contributed by atoms with Crippen molar-refractivity contribution in [2.24, 2.45) is 5.92 Å². The molecule has 7 nitrogen and oxygen atoms in total. The fourth-order valence-corrected chi connectivity index (χ4v) is 4.93. The summed E-state index contributed by atoms with van der Waals surface area (Å²) in [7, 11) is -3.95. The lowest BCUT2D eigenvalue weighted by Gasteiger charge is -2.27. The van der Waals surface area contributed by atoms with Crippen LogP contribution in [0.3, 0.4) is 0 Å². The van der Waals surface area contributed by atoms with Crippen molar-refractivity contribution in [3.05, 3.63) is 71.5 Å². The van der Waals surface area contributed by atoms with Gasteiger partial charge in [-0.05, 0) is 38.3 Å². The Hall–Kier alpha value is -2.49. The van der Waals surface area contributed by atoms with Gasteiger partial charge < -0.3 is 9.47 Å². The second-order valence-corrected chi connectivity index (χ2v) is 10.8. The Balaban J connectivity index is 2.44. The van der Waals surface area contributed by atoms with Crippen LogP contribution in [0.1, 0.15) is 52.7 Å². The summed E-state index contributed by atoms with van der Waals surface area (Å²) in [5, 5.41) is 0.750. The SMILES string of the molecule is C=CCC(OC(C)c1ccccc1)/C(C)=C(/OC(=O)C(C)C)C(C)S(=O)(=O)Nc1nccs1. The number of nitrogens with one attached hydrogen (secondary N) is 1. The van der Waals surface area contributed by atoms with Crippen molar-refractivity contribution >= 4 is 32.5 Å². The smallest absolute Gasteiger partial charge is 0.313 e. The maximum absolute atomic E-state index is 13.1. The van der Waals surface area contributed by atoms with Gasteiger partial charge in [0.2, 0.25) is 10.0 Å². The minimum Gasteiger partial charge on any atom is -0.429 e. The predicted molar refractivity (Wildman–Crippen MR) is 132 cm³/mol. The molecule has 33 heavy (non-hydrogen) atoms. The summed E-state index contributed by atoms with van der Waals surface area (Å²) in [6, 6.07) is 9.69. The van der Waals surface area contributed by atoms with Gasteiger partial charge in [0.1, 0.15) is 11.0 Å². The number of thiazole rings is 1. The predicted octanol–water partition coefficient (Wildman–Crippen LogP) is 5.47. The lowest BCUT2D eigenvalue weighted by Crippen LogP contribution is -2.32. The molecule has 0 aliphatic carbocycles. The van der Waals surface area contributed by atoms with E-state index in [9.17, 15) is 13.2 Å². The third-order valence-corrected chi connectivity index (χ3v) is 7.51. The Kier molecular flexibility index (Phi) is 9.82. The van der Waals surface area contributed by atoms with Gasteiger partial charge in [-0.2, -0.15) is 0 Å². The monoisotopic (exact) mass is 492 g/mol. The van der Waals surface area contributed by atoms with E-state index in [-0.39, 0.29) is 17.0 Å². The minimum absolute atomic E-state index is 0.0462. The van der Waals surface area contributed by atoms with E-state index >= 15 is 0 Å². The van der Waals surface area contributed by atoms with E-state index in [0.29, 0.717) is 12.0 Å². The first kappa shape index (κ1) is 26.8. The standard InChI is InChI=1S/C24H32N2O5S2/c1-7-11-21(30-18(5)20-12-9-8-10-13-20)17(4)22(31-23(27)16(2)3)19(6)33(28,29)26-24-25-14-15-32-24/h7-10,12-16,18-19,21H,1,11H2,2-6H3,(H,25,26)/b22-17+. The minimum atomic E-state index is -3.95. The molecule has 0 bridgehead atoms. The molecular formula is C24H32N2O5S2. The Morgan fingerprint density at radius 2 is 1.88 bits per heavy atom. The van der Waals surface area contributed by atoms with Gasteiger partial charge in [-0.15, -0.1) is 17.9 Å². The fourth-order valence-electron chi connectivity index (χ4n) is 3.03. The quantitative estimate of drug-likeness (QED) is 0.240. The van der Waals surface area contributed by atoms with Gasteiger partial charge in [0.25, 0.3) is 0 Å². The van der Waals surface area contributed by atoms with Crippen molar-refractivity contribution in [2.45, 2.75) is 58.5 Å². The van der Waals surface area contributed by atoms with Crippen LogP contribution in [0.2, 0.25) is 0 Å². The molecule has 0 radical (unpaired) electrons. The van der Waals surface area contributed by atoms with E-state index in [4.69, 9.17) is 9.47 Å². The number of aromatic nitrogens is 1. The molecule has 2 rings (SSSR count). The lowest BCUT2D eigenvalue weighted by molar-refractivity contribution is -0.143. The van der Waals surface area contributed by atoms with E-state index in [0.717, 1.165) is 16.9 Å². The van der Waals surface area contributed by atoms with Gasteiger partial charge >= 0.3 is 5.97 Å². The molecule has 0 saturated carbocycles. The van der Waals surface area contributed by atoms with Crippen LogP contribution < -0.4 is 4.72 Å². The van der Waals surface area contributed by atoms with Crippen LogP contribution in [0.25, 0.3) is 0 Å². The highest BCUT2D eigenvalue weighted by molar-refractivity contribution is 7.93. The zero-order valence-electron chi connectivity index (χ0n) is 19.6. The van der Waals surface area contributed by atoms with Crippen molar-refractivity contribution < 1.29 is 22.7 Å². The van der Waals surface area contributed by atoms with Crippen LogP contribution in [0.15, 0.2) is 65.9 Å². The number of esters is 1. The molecule has 1 aromatic heterocycles. The average Bonchev–Trinajstić information content (AvgIpc) is 3.28. The molecule has 3 atom stereocenters. The number of carbonyl (C=O) groups excluding carboxylic acids is 1. The summed E-state index contributed by atoms with van der Waals surface area (Å²) in [4.78, 5) is 16.5. The summed E-state index contributed by atoms with van der Waals surface area (Å²) in [5.74, 6) is -0.907. The van der Waals surface area contributed by atoms with Crippen LogP contribution >= 0.6 is 11.3 Å². The number of anilines is 1. The third kappa shape index (κ3) is 7.52. The van der Waals surface area contributed by atoms with Gasteiger partial charge in [0.05, 0.1) is 18.1 Å². The van der Waals surface area contributed by atoms with Crippen molar-refractivity contribution in [1.29, 1.82) is 0 Å². The Labute approximate surface area is 200 Å². The van der Waals surface area contributed by atoms with Crippen LogP contribution in [0.4, 0.5) is 5.13 Å². The third-order valence-electron chi connectivity index (χ3n) is 5.07. The van der Waals surface area contributed by atoms with Gasteiger partial charge in [-0.1, -0.05) is 50.3 Å². The van der Waals surface area contributed by atoms with Gasteiger partial charge in [0, 0.05) is 11.6 Å². The van der Waals surface area contributed by atoms with E-state index in [2.05, 4.69) is 16.3 Å². The van der Waals surface area contributed by atoms with Gasteiger partial charge in [-0.25, -0.2) is 13.4 Å². The summed E-state index contributed by atoms with van der Waals surface area (Å²) in [6.07, 6.45) is 2.81. The number of rotatable bonds is 12. The first-order chi connectivity index (χ1) is 15.6. The Morgan fingerprint density at radius 3 is 2.42 bits per heavy atom. The molecule has 0 fully saturated rings. The number of sulfonamides is 1. The largest absolute Gasteiger partial charge is 0.429 e. The van der Waals surface area contributed by atoms with Gasteiger partial charge in [-0.3, -0.25) is 9.52 Å². The number of hydrogen-bond acceptors (Lipinski definition) is 7. The Bertz CT molecular complexity index is 1050. The molecule has 0 spiro atoms. The van der Waals surface area contributed by atoms with E-state index in [1.165, 1.54) is 13.1 Å². The number of ether oxygens (including phenoxy) is 2. The van der Waals surface area contributed by atoms with Crippen LogP contribution in [-0.4, -0.2) is 30.7 Å². The highest BCUT2D eigenvalue weighted by atomic mass is 32.2. The number of benzene rings is 1. The summed E-state index contributed by atoms with van der Waals surface area (Å²) >= 11 is 1.16. The van der Waals surface area contributed by atoms with Crippen LogP contribution in [0, 0.1) is 5.92 Å². The summed E-state index contributed by atoms with van der Waals surface area (Å²) in [5.41, 5.74) is 1.50. The number of carbonyl (C=O) groups is 1. The molecule has 1 aromatic carbocycles. The van der Waals surface area contributed by atoms with Crippen molar-refractivity contribution in [1.82, 2.24) is 4.98 Å². The number of nitrogens with zero attached hydrogens (tertiary/aromatic N) is 1. The highest BCUT2D eigenvalue weighted by Crippen LogP contribution is 2.29. The molecule has 2 aromatic rings. The molecule has 1 N–H and O–H groups in total. The molecule has 0 aliphatic heterocycles. The fraction of sp³-hybridized carbons (Fsp3) is 0.417. The van der Waals surface area contributed by atoms with Crippen molar-refractivity contribution in [3.63, 3.8) is 0 Å². The molecule has 9 heteroatoms. The molecule has 0 saturated heterocycles. The summed E-state index contributed by atoms with van der Waals surface area (Å²) < 4.78 is 40.6. The zero-order chi connectivity index (χ0) is 24.6. The van der Waals surface area contributed by atoms with E-state index < -0.39 is 33.3 Å². The van der Waals surface area contributed by atoms with Crippen molar-refractivity contribution in [2.75, 3.05) is 4.72 Å². The maximum atomic E-state index is 13.1. The van der Waals surface area contributed by atoms with Crippen molar-refractivity contribution in [3.8, 4) is 0 Å². The summed E-state index contributed by atoms with van der Waals surface area (Å²) in [6.45, 7) is 12.3. The molecule has 0 aliphatic rings. The molecular weight excluding hydrogens is 460 g/mol. The molecule has 0 amide bonds. The first-order valence-corrected chi connectivity index (χ1v) is 13.1.